The van der Waals surface area contributed by atoms with Gasteiger partial charge >= 0.3 is 0 Å². The van der Waals surface area contributed by atoms with Crippen molar-refractivity contribution in [3.8, 4) is 0 Å². The molecular formula is C12H15N5O3. The fraction of sp³-hybridized carbons (Fsp3) is 0.333. The van der Waals surface area contributed by atoms with Crippen molar-refractivity contribution in [2.24, 2.45) is 0 Å². The van der Waals surface area contributed by atoms with Crippen LogP contribution in [-0.2, 0) is 22.7 Å². The van der Waals surface area contributed by atoms with Gasteiger partial charge in [-0.05, 0) is 12.1 Å². The van der Waals surface area contributed by atoms with Crippen LogP contribution in [0.4, 0.5) is 5.82 Å². The molecular weight excluding hydrogens is 262 g/mol. The highest BCUT2D eigenvalue weighted by Gasteiger charge is 2.08. The molecule has 2 amide bonds. The number of nitrogens with zero attached hydrogens (tertiary/aromatic N) is 3. The number of carbonyl (C=O) groups is 2. The first-order valence-electron chi connectivity index (χ1n) is 6.16. The van der Waals surface area contributed by atoms with Gasteiger partial charge in [-0.2, -0.15) is 0 Å². The molecule has 8 heteroatoms. The number of amides is 2. The molecule has 0 radical (unpaired) electrons. The van der Waals surface area contributed by atoms with Crippen molar-refractivity contribution in [3.05, 3.63) is 30.4 Å². The third-order valence-corrected chi connectivity index (χ3v) is 2.47. The minimum absolute atomic E-state index is 0.0235. The molecule has 0 saturated heterocycles. The van der Waals surface area contributed by atoms with Gasteiger partial charge in [-0.25, -0.2) is 4.68 Å². The maximum Gasteiger partial charge on any atom is 0.242 e. The highest BCUT2D eigenvalue weighted by molar-refractivity contribution is 5.89. The second-order valence-electron chi connectivity index (χ2n) is 4.06. The van der Waals surface area contributed by atoms with E-state index in [4.69, 9.17) is 4.42 Å². The van der Waals surface area contributed by atoms with Crippen molar-refractivity contribution in [3.63, 3.8) is 0 Å². The van der Waals surface area contributed by atoms with E-state index in [9.17, 15) is 9.59 Å². The highest BCUT2D eigenvalue weighted by atomic mass is 16.3. The zero-order valence-electron chi connectivity index (χ0n) is 11.0. The van der Waals surface area contributed by atoms with Crippen molar-refractivity contribution in [1.82, 2.24) is 20.3 Å². The lowest BCUT2D eigenvalue weighted by molar-refractivity contribution is -0.122. The molecule has 106 valence electrons. The summed E-state index contributed by atoms with van der Waals surface area (Å²) >= 11 is 0. The SMILES string of the molecule is CCC(=O)Nc1cn(CC(=O)NCc2ccco2)nn1. The predicted octanol–water partition coefficient (Wildman–Crippen LogP) is 0.536. The molecule has 0 spiro atoms. The molecule has 2 heterocycles. The fourth-order valence-electron chi connectivity index (χ4n) is 1.47. The number of hydrogen-bond donors (Lipinski definition) is 2. The number of anilines is 1. The lowest BCUT2D eigenvalue weighted by Gasteiger charge is -2.02. The number of nitrogens with one attached hydrogen (secondary N) is 2. The topological polar surface area (TPSA) is 102 Å². The normalized spacial score (nSPS) is 10.2. The summed E-state index contributed by atoms with van der Waals surface area (Å²) in [4.78, 5) is 22.8. The summed E-state index contributed by atoms with van der Waals surface area (Å²) in [6.07, 6.45) is 3.40. The van der Waals surface area contributed by atoms with E-state index >= 15 is 0 Å². The molecule has 0 aliphatic rings. The molecule has 0 saturated carbocycles. The Labute approximate surface area is 115 Å². The molecule has 8 nitrogen and oxygen atoms in total. The number of hydrogen-bond acceptors (Lipinski definition) is 5. The van der Waals surface area contributed by atoms with Crippen LogP contribution in [0.5, 0.6) is 0 Å². The van der Waals surface area contributed by atoms with Gasteiger partial charge in [0.25, 0.3) is 0 Å². The fourth-order valence-corrected chi connectivity index (χ4v) is 1.47. The molecule has 0 bridgehead atoms. The second kappa shape index (κ2) is 6.50. The minimum atomic E-state index is -0.223. The Morgan fingerprint density at radius 3 is 2.95 bits per heavy atom. The highest BCUT2D eigenvalue weighted by Crippen LogP contribution is 2.01. The van der Waals surface area contributed by atoms with Crippen LogP contribution in [0.2, 0.25) is 0 Å². The Hall–Kier alpha value is -2.64. The van der Waals surface area contributed by atoms with Crippen LogP contribution in [-0.4, -0.2) is 26.8 Å². The summed E-state index contributed by atoms with van der Waals surface area (Å²) in [5.74, 6) is 0.627. The third kappa shape index (κ3) is 3.94. The van der Waals surface area contributed by atoms with Gasteiger partial charge in [-0.3, -0.25) is 9.59 Å². The van der Waals surface area contributed by atoms with Crippen LogP contribution in [0.15, 0.2) is 29.0 Å². The zero-order chi connectivity index (χ0) is 14.4. The lowest BCUT2D eigenvalue weighted by atomic mass is 10.4. The molecule has 0 atom stereocenters. The molecule has 0 fully saturated rings. The summed E-state index contributed by atoms with van der Waals surface area (Å²) in [7, 11) is 0. The average molecular weight is 277 g/mol. The van der Waals surface area contributed by atoms with Gasteiger partial charge in [0.05, 0.1) is 19.0 Å². The third-order valence-electron chi connectivity index (χ3n) is 2.47. The van der Waals surface area contributed by atoms with Crippen molar-refractivity contribution < 1.29 is 14.0 Å². The van der Waals surface area contributed by atoms with E-state index in [2.05, 4.69) is 20.9 Å². The van der Waals surface area contributed by atoms with Crippen LogP contribution < -0.4 is 10.6 Å². The van der Waals surface area contributed by atoms with Crippen LogP contribution in [0, 0.1) is 0 Å². The molecule has 2 N–H and O–H groups in total. The first kappa shape index (κ1) is 13.8. The van der Waals surface area contributed by atoms with Gasteiger partial charge < -0.3 is 15.1 Å². The Balaban J connectivity index is 1.80. The monoisotopic (exact) mass is 277 g/mol. The van der Waals surface area contributed by atoms with Gasteiger partial charge in [0.15, 0.2) is 5.82 Å². The molecule has 2 aromatic heterocycles. The average Bonchev–Trinajstić information content (AvgIpc) is 3.08. The van der Waals surface area contributed by atoms with Crippen LogP contribution in [0.3, 0.4) is 0 Å². The quantitative estimate of drug-likeness (QED) is 0.802. The zero-order valence-corrected chi connectivity index (χ0v) is 11.0. The molecule has 0 aromatic carbocycles. The smallest absolute Gasteiger partial charge is 0.242 e. The first-order chi connectivity index (χ1) is 9.67. The standard InChI is InChI=1S/C12H15N5O3/c1-2-11(18)14-10-7-17(16-15-10)8-12(19)13-6-9-4-3-5-20-9/h3-5,7H,2,6,8H2,1H3,(H,13,19)(H,14,18). The van der Waals surface area contributed by atoms with Crippen molar-refractivity contribution in [2.75, 3.05) is 5.32 Å². The lowest BCUT2D eigenvalue weighted by Crippen LogP contribution is -2.27. The molecule has 0 aliphatic heterocycles. The Bertz CT molecular complexity index is 576. The van der Waals surface area contributed by atoms with Crippen LogP contribution >= 0.6 is 0 Å². The van der Waals surface area contributed by atoms with E-state index in [0.717, 1.165) is 0 Å². The number of rotatable bonds is 6. The van der Waals surface area contributed by atoms with Crippen LogP contribution in [0.1, 0.15) is 19.1 Å². The molecule has 0 unspecified atom stereocenters. The van der Waals surface area contributed by atoms with Crippen molar-refractivity contribution in [2.45, 2.75) is 26.4 Å². The Kier molecular flexibility index (Phi) is 4.48. The largest absolute Gasteiger partial charge is 0.467 e. The second-order valence-corrected chi connectivity index (χ2v) is 4.06. The Morgan fingerprint density at radius 2 is 2.25 bits per heavy atom. The molecule has 2 aromatic rings. The minimum Gasteiger partial charge on any atom is -0.467 e. The molecule has 0 aliphatic carbocycles. The maximum absolute atomic E-state index is 11.7. The van der Waals surface area contributed by atoms with Crippen molar-refractivity contribution >= 4 is 17.6 Å². The van der Waals surface area contributed by atoms with Gasteiger partial charge in [-0.1, -0.05) is 12.1 Å². The van der Waals surface area contributed by atoms with E-state index in [1.807, 2.05) is 0 Å². The summed E-state index contributed by atoms with van der Waals surface area (Å²) in [5, 5.41) is 12.8. The first-order valence-corrected chi connectivity index (χ1v) is 6.16. The van der Waals surface area contributed by atoms with E-state index < -0.39 is 0 Å². The van der Waals surface area contributed by atoms with Crippen molar-refractivity contribution in [1.29, 1.82) is 0 Å². The van der Waals surface area contributed by atoms with E-state index in [0.29, 0.717) is 24.5 Å². The molecule has 2 rings (SSSR count). The number of furan rings is 1. The van der Waals surface area contributed by atoms with Gasteiger partial charge in [0, 0.05) is 6.42 Å². The van der Waals surface area contributed by atoms with Gasteiger partial charge in [0.1, 0.15) is 12.3 Å². The van der Waals surface area contributed by atoms with E-state index in [-0.39, 0.29) is 18.4 Å². The number of carbonyl (C=O) groups excluding carboxylic acids is 2. The summed E-state index contributed by atoms with van der Waals surface area (Å²) in [6.45, 7) is 2.08. The van der Waals surface area contributed by atoms with Gasteiger partial charge in [0.2, 0.25) is 11.8 Å². The van der Waals surface area contributed by atoms with Crippen LogP contribution in [0.25, 0.3) is 0 Å². The summed E-state index contributed by atoms with van der Waals surface area (Å²) in [6, 6.07) is 3.52. The van der Waals surface area contributed by atoms with E-state index in [1.54, 1.807) is 25.3 Å². The summed E-state index contributed by atoms with van der Waals surface area (Å²) in [5.41, 5.74) is 0. The predicted molar refractivity (Wildman–Crippen MR) is 69.5 cm³/mol. The van der Waals surface area contributed by atoms with E-state index in [1.165, 1.54) is 10.9 Å². The van der Waals surface area contributed by atoms with Gasteiger partial charge in [-0.15, -0.1) is 5.10 Å². The maximum atomic E-state index is 11.7. The number of aromatic nitrogens is 3. The Morgan fingerprint density at radius 1 is 1.40 bits per heavy atom. The molecule has 20 heavy (non-hydrogen) atoms. The summed E-state index contributed by atoms with van der Waals surface area (Å²) < 4.78 is 6.45.